The Morgan fingerprint density at radius 2 is 2.05 bits per heavy atom. The first-order valence-electron chi connectivity index (χ1n) is 6.91. The molecule has 1 aliphatic heterocycles. The predicted molar refractivity (Wildman–Crippen MR) is 81.4 cm³/mol. The van der Waals surface area contributed by atoms with Crippen molar-refractivity contribution in [2.75, 3.05) is 17.2 Å². The van der Waals surface area contributed by atoms with Gasteiger partial charge in [-0.15, -0.1) is 0 Å². The molecule has 0 radical (unpaired) electrons. The lowest BCUT2D eigenvalue weighted by molar-refractivity contribution is 0.691. The summed E-state index contributed by atoms with van der Waals surface area (Å²) in [5.41, 5.74) is 12.2. The topological polar surface area (TPSA) is 29.3 Å². The largest absolute Gasteiger partial charge is 0.399 e. The molecule has 0 aliphatic carbocycles. The van der Waals surface area contributed by atoms with Crippen molar-refractivity contribution in [3.8, 4) is 0 Å². The van der Waals surface area contributed by atoms with Gasteiger partial charge in [0, 0.05) is 24.5 Å². The molecule has 2 nitrogen and oxygen atoms in total. The van der Waals surface area contributed by atoms with Crippen LogP contribution in [0, 0.1) is 6.92 Å². The highest BCUT2D eigenvalue weighted by Crippen LogP contribution is 2.29. The molecule has 98 valence electrons. The molecule has 0 fully saturated rings. The quantitative estimate of drug-likeness (QED) is 0.828. The summed E-state index contributed by atoms with van der Waals surface area (Å²) in [6.45, 7) is 4.24. The van der Waals surface area contributed by atoms with E-state index in [2.05, 4.69) is 42.2 Å². The number of fused-ring (bicyclic) bond motifs is 1. The van der Waals surface area contributed by atoms with Gasteiger partial charge in [0.15, 0.2) is 0 Å². The van der Waals surface area contributed by atoms with E-state index in [1.807, 2.05) is 12.1 Å². The average molecular weight is 252 g/mol. The number of hydrogen-bond donors (Lipinski definition) is 1. The standard InChI is InChI=1S/C17H20N2/c1-13-7-8-17-15(10-13)5-3-9-19(17)12-14-4-2-6-16(18)11-14/h2,4,6-8,10-11H,3,5,9,12,18H2,1H3. The first-order chi connectivity index (χ1) is 9.22. The van der Waals surface area contributed by atoms with Crippen LogP contribution in [0.4, 0.5) is 11.4 Å². The number of anilines is 2. The third-order valence-corrected chi connectivity index (χ3v) is 3.77. The minimum atomic E-state index is 0.846. The van der Waals surface area contributed by atoms with Crippen LogP contribution in [0.3, 0.4) is 0 Å². The monoisotopic (exact) mass is 252 g/mol. The van der Waals surface area contributed by atoms with E-state index in [0.717, 1.165) is 18.8 Å². The molecule has 2 aromatic rings. The van der Waals surface area contributed by atoms with Gasteiger partial charge in [0.2, 0.25) is 0 Å². The number of nitrogen functional groups attached to an aromatic ring is 1. The molecule has 0 spiro atoms. The third kappa shape index (κ3) is 2.58. The Labute approximate surface area is 114 Å². The molecule has 2 heteroatoms. The van der Waals surface area contributed by atoms with Crippen molar-refractivity contribution >= 4 is 11.4 Å². The first kappa shape index (κ1) is 12.1. The van der Waals surface area contributed by atoms with E-state index in [4.69, 9.17) is 5.73 Å². The van der Waals surface area contributed by atoms with Gasteiger partial charge in [-0.1, -0.05) is 29.8 Å². The Bertz CT molecular complexity index is 590. The molecule has 0 saturated heterocycles. The second-order valence-electron chi connectivity index (χ2n) is 5.40. The van der Waals surface area contributed by atoms with Gasteiger partial charge in [-0.3, -0.25) is 0 Å². The number of benzene rings is 2. The number of aryl methyl sites for hydroxylation is 2. The van der Waals surface area contributed by atoms with Crippen molar-refractivity contribution in [1.82, 2.24) is 0 Å². The van der Waals surface area contributed by atoms with Gasteiger partial charge in [0.1, 0.15) is 0 Å². The molecule has 1 heterocycles. The van der Waals surface area contributed by atoms with Gasteiger partial charge >= 0.3 is 0 Å². The van der Waals surface area contributed by atoms with Crippen molar-refractivity contribution in [2.24, 2.45) is 0 Å². The SMILES string of the molecule is Cc1ccc2c(c1)CCCN2Cc1cccc(N)c1. The van der Waals surface area contributed by atoms with E-state index < -0.39 is 0 Å². The summed E-state index contributed by atoms with van der Waals surface area (Å²) in [5, 5.41) is 0. The van der Waals surface area contributed by atoms with Gasteiger partial charge in [0.25, 0.3) is 0 Å². The van der Waals surface area contributed by atoms with E-state index >= 15 is 0 Å². The Kier molecular flexibility index (Phi) is 3.16. The molecular formula is C17H20N2. The zero-order valence-electron chi connectivity index (χ0n) is 11.4. The number of hydrogen-bond acceptors (Lipinski definition) is 2. The highest BCUT2D eigenvalue weighted by molar-refractivity contribution is 5.57. The minimum Gasteiger partial charge on any atom is -0.399 e. The van der Waals surface area contributed by atoms with Gasteiger partial charge < -0.3 is 10.6 Å². The highest BCUT2D eigenvalue weighted by atomic mass is 15.1. The van der Waals surface area contributed by atoms with E-state index in [0.29, 0.717) is 0 Å². The average Bonchev–Trinajstić information content (AvgIpc) is 2.38. The summed E-state index contributed by atoms with van der Waals surface area (Å²) in [5.74, 6) is 0. The zero-order valence-corrected chi connectivity index (χ0v) is 11.4. The van der Waals surface area contributed by atoms with E-state index in [1.165, 1.54) is 35.2 Å². The lowest BCUT2D eigenvalue weighted by atomic mass is 9.99. The molecule has 2 aromatic carbocycles. The number of nitrogens with zero attached hydrogens (tertiary/aromatic N) is 1. The maximum atomic E-state index is 5.86. The van der Waals surface area contributed by atoms with Gasteiger partial charge in [-0.2, -0.15) is 0 Å². The molecule has 0 amide bonds. The summed E-state index contributed by atoms with van der Waals surface area (Å²) < 4.78 is 0. The number of rotatable bonds is 2. The van der Waals surface area contributed by atoms with Crippen molar-refractivity contribution < 1.29 is 0 Å². The van der Waals surface area contributed by atoms with Crippen LogP contribution in [0.25, 0.3) is 0 Å². The fraction of sp³-hybridized carbons (Fsp3) is 0.294. The second-order valence-corrected chi connectivity index (χ2v) is 5.40. The van der Waals surface area contributed by atoms with Crippen LogP contribution >= 0.6 is 0 Å². The molecule has 1 aliphatic rings. The van der Waals surface area contributed by atoms with Crippen LogP contribution in [0.15, 0.2) is 42.5 Å². The maximum Gasteiger partial charge on any atom is 0.0430 e. The molecule has 0 saturated carbocycles. The summed E-state index contributed by atoms with van der Waals surface area (Å²) in [6, 6.07) is 15.0. The van der Waals surface area contributed by atoms with Gasteiger partial charge in [-0.25, -0.2) is 0 Å². The van der Waals surface area contributed by atoms with Crippen LogP contribution in [0.1, 0.15) is 23.1 Å². The Hall–Kier alpha value is -1.96. The molecular weight excluding hydrogens is 232 g/mol. The van der Waals surface area contributed by atoms with Crippen LogP contribution in [-0.2, 0) is 13.0 Å². The molecule has 0 unspecified atom stereocenters. The number of nitrogens with two attached hydrogens (primary N) is 1. The molecule has 19 heavy (non-hydrogen) atoms. The van der Waals surface area contributed by atoms with E-state index in [1.54, 1.807) is 0 Å². The lowest BCUT2D eigenvalue weighted by Gasteiger charge is -2.31. The predicted octanol–water partition coefficient (Wildman–Crippen LogP) is 3.53. The van der Waals surface area contributed by atoms with Gasteiger partial charge in [0.05, 0.1) is 0 Å². The fourth-order valence-electron chi connectivity index (χ4n) is 2.88. The fourth-order valence-corrected chi connectivity index (χ4v) is 2.88. The molecule has 0 bridgehead atoms. The van der Waals surface area contributed by atoms with Gasteiger partial charge in [-0.05, 0) is 49.1 Å². The van der Waals surface area contributed by atoms with Crippen molar-refractivity contribution in [1.29, 1.82) is 0 Å². The van der Waals surface area contributed by atoms with Crippen molar-refractivity contribution in [3.05, 3.63) is 59.2 Å². The molecule has 2 N–H and O–H groups in total. The summed E-state index contributed by atoms with van der Waals surface area (Å²) in [7, 11) is 0. The van der Waals surface area contributed by atoms with Crippen molar-refractivity contribution in [2.45, 2.75) is 26.3 Å². The molecule has 0 atom stereocenters. The Balaban J connectivity index is 1.87. The van der Waals surface area contributed by atoms with Crippen LogP contribution < -0.4 is 10.6 Å². The summed E-state index contributed by atoms with van der Waals surface area (Å²) in [4.78, 5) is 2.47. The van der Waals surface area contributed by atoms with E-state index in [9.17, 15) is 0 Å². The minimum absolute atomic E-state index is 0.846. The Morgan fingerprint density at radius 1 is 1.16 bits per heavy atom. The normalized spacial score (nSPS) is 14.3. The van der Waals surface area contributed by atoms with Crippen LogP contribution in [-0.4, -0.2) is 6.54 Å². The molecule has 0 aromatic heterocycles. The Morgan fingerprint density at radius 3 is 2.89 bits per heavy atom. The summed E-state index contributed by atoms with van der Waals surface area (Å²) in [6.07, 6.45) is 2.43. The lowest BCUT2D eigenvalue weighted by Crippen LogP contribution is -2.28. The maximum absolute atomic E-state index is 5.86. The van der Waals surface area contributed by atoms with Crippen LogP contribution in [0.2, 0.25) is 0 Å². The highest BCUT2D eigenvalue weighted by Gasteiger charge is 2.16. The first-order valence-corrected chi connectivity index (χ1v) is 6.91. The zero-order chi connectivity index (χ0) is 13.2. The second kappa shape index (κ2) is 4.96. The van der Waals surface area contributed by atoms with E-state index in [-0.39, 0.29) is 0 Å². The van der Waals surface area contributed by atoms with Crippen LogP contribution in [0.5, 0.6) is 0 Å². The molecule has 3 rings (SSSR count). The third-order valence-electron chi connectivity index (χ3n) is 3.77. The summed E-state index contributed by atoms with van der Waals surface area (Å²) >= 11 is 0. The van der Waals surface area contributed by atoms with Crippen molar-refractivity contribution in [3.63, 3.8) is 0 Å². The smallest absolute Gasteiger partial charge is 0.0430 e.